The monoisotopic (exact) mass is 557 g/mol. The number of aliphatic hydroxyl groups excluding tert-OH is 1. The summed E-state index contributed by atoms with van der Waals surface area (Å²) in [4.78, 5) is 37.7. The predicted octanol–water partition coefficient (Wildman–Crippen LogP) is 4.14. The number of ether oxygens (including phenoxy) is 1. The van der Waals surface area contributed by atoms with Crippen molar-refractivity contribution in [3.8, 4) is 0 Å². The third-order valence-electron chi connectivity index (χ3n) is 9.36. The van der Waals surface area contributed by atoms with Crippen LogP contribution in [-0.2, 0) is 19.1 Å². The van der Waals surface area contributed by atoms with Gasteiger partial charge in [-0.15, -0.1) is 18.3 Å². The SMILES string of the molecule is C=CC1(C)CC(OC(=O)CSCCNC(=O)CBr)C2(C)CCC(C)C3(CCC(=O)C23)C(C)C1O. The number of alkyl halides is 1. The van der Waals surface area contributed by atoms with Crippen LogP contribution in [0.25, 0.3) is 0 Å². The average molecular weight is 559 g/mol. The summed E-state index contributed by atoms with van der Waals surface area (Å²) in [5.41, 5.74) is -1.39. The second kappa shape index (κ2) is 10.6. The minimum absolute atomic E-state index is 0.0523. The van der Waals surface area contributed by atoms with Crippen LogP contribution in [0.15, 0.2) is 12.7 Å². The van der Waals surface area contributed by atoms with Gasteiger partial charge < -0.3 is 15.2 Å². The standard InChI is InChI=1S/C26H40BrNO5S/c1-6-24(4)13-19(33-21(31)15-34-12-11-28-20(30)14-27)25(5)9-7-16(2)26(17(3)23(24)32)10-8-18(29)22(25)26/h6,16-17,19,22-23,32H,1,7-15H2,2-5H3,(H,28,30). The first-order valence-electron chi connectivity index (χ1n) is 12.4. The zero-order chi connectivity index (χ0) is 25.3. The molecule has 3 fully saturated rings. The summed E-state index contributed by atoms with van der Waals surface area (Å²) >= 11 is 4.53. The van der Waals surface area contributed by atoms with Gasteiger partial charge in [0.25, 0.3) is 0 Å². The fraction of sp³-hybridized carbons (Fsp3) is 0.808. The molecule has 8 unspecified atom stereocenters. The van der Waals surface area contributed by atoms with Gasteiger partial charge in [-0.05, 0) is 42.9 Å². The van der Waals surface area contributed by atoms with Crippen LogP contribution in [0.4, 0.5) is 0 Å². The number of carbonyl (C=O) groups excluding carboxylic acids is 3. The molecule has 0 aromatic carbocycles. The molecule has 3 saturated carbocycles. The molecule has 34 heavy (non-hydrogen) atoms. The molecule has 0 heterocycles. The molecule has 0 aliphatic heterocycles. The van der Waals surface area contributed by atoms with E-state index in [0.29, 0.717) is 31.1 Å². The third kappa shape index (κ3) is 4.75. The maximum atomic E-state index is 13.4. The molecular formula is C26H40BrNO5S. The number of rotatable bonds is 8. The summed E-state index contributed by atoms with van der Waals surface area (Å²) in [6.45, 7) is 13.0. The molecule has 2 N–H and O–H groups in total. The van der Waals surface area contributed by atoms with Crippen LogP contribution in [0.2, 0.25) is 0 Å². The molecule has 0 radical (unpaired) electrons. The maximum absolute atomic E-state index is 13.4. The molecule has 3 aliphatic rings. The van der Waals surface area contributed by atoms with Gasteiger partial charge in [0.1, 0.15) is 11.9 Å². The van der Waals surface area contributed by atoms with Crippen LogP contribution in [0, 0.1) is 34.0 Å². The van der Waals surface area contributed by atoms with Crippen molar-refractivity contribution in [2.75, 3.05) is 23.4 Å². The first kappa shape index (κ1) is 27.7. The summed E-state index contributed by atoms with van der Waals surface area (Å²) in [5.74, 6) is 0.698. The quantitative estimate of drug-likeness (QED) is 0.201. The van der Waals surface area contributed by atoms with E-state index in [1.54, 1.807) is 0 Å². The van der Waals surface area contributed by atoms with Crippen LogP contribution in [0.1, 0.15) is 59.8 Å². The predicted molar refractivity (Wildman–Crippen MR) is 139 cm³/mol. The van der Waals surface area contributed by atoms with Crippen molar-refractivity contribution in [2.24, 2.45) is 34.0 Å². The molecule has 8 atom stereocenters. The molecule has 8 heteroatoms. The van der Waals surface area contributed by atoms with Gasteiger partial charge in [0.15, 0.2) is 0 Å². The Morgan fingerprint density at radius 3 is 2.68 bits per heavy atom. The third-order valence-corrected chi connectivity index (χ3v) is 10.8. The Hall–Kier alpha value is -0.860. The summed E-state index contributed by atoms with van der Waals surface area (Å²) in [5, 5.41) is 14.6. The second-order valence-corrected chi connectivity index (χ2v) is 12.8. The van der Waals surface area contributed by atoms with Crippen molar-refractivity contribution >= 4 is 45.4 Å². The van der Waals surface area contributed by atoms with Crippen molar-refractivity contribution in [3.63, 3.8) is 0 Å². The number of carbonyl (C=O) groups is 3. The Labute approximate surface area is 216 Å². The molecule has 3 aliphatic carbocycles. The van der Waals surface area contributed by atoms with E-state index in [9.17, 15) is 19.5 Å². The van der Waals surface area contributed by atoms with Crippen LogP contribution < -0.4 is 5.32 Å². The van der Waals surface area contributed by atoms with E-state index in [0.717, 1.165) is 19.3 Å². The number of amides is 1. The first-order chi connectivity index (χ1) is 16.0. The van der Waals surface area contributed by atoms with Gasteiger partial charge in [-0.25, -0.2) is 0 Å². The summed E-state index contributed by atoms with van der Waals surface area (Å²) in [6, 6.07) is 0. The van der Waals surface area contributed by atoms with Gasteiger partial charge in [0.05, 0.1) is 17.2 Å². The number of hydrogen-bond acceptors (Lipinski definition) is 6. The van der Waals surface area contributed by atoms with Gasteiger partial charge in [0.2, 0.25) is 5.91 Å². The molecule has 0 aromatic heterocycles. The lowest BCUT2D eigenvalue weighted by atomic mass is 9.43. The largest absolute Gasteiger partial charge is 0.461 e. The number of halogens is 1. The van der Waals surface area contributed by atoms with Gasteiger partial charge in [-0.2, -0.15) is 0 Å². The van der Waals surface area contributed by atoms with Crippen LogP contribution in [0.5, 0.6) is 0 Å². The summed E-state index contributed by atoms with van der Waals surface area (Å²) in [6.07, 6.45) is 4.22. The minimum Gasteiger partial charge on any atom is -0.461 e. The molecule has 3 rings (SSSR count). The average Bonchev–Trinajstić information content (AvgIpc) is 3.18. The molecule has 0 saturated heterocycles. The lowest BCUT2D eigenvalue weighted by Gasteiger charge is -2.62. The molecule has 192 valence electrons. The molecule has 0 aromatic rings. The van der Waals surface area contributed by atoms with Gasteiger partial charge >= 0.3 is 5.97 Å². The highest BCUT2D eigenvalue weighted by Crippen LogP contribution is 2.68. The number of thioether (sulfide) groups is 1. The van der Waals surface area contributed by atoms with E-state index in [4.69, 9.17) is 4.74 Å². The number of nitrogens with one attached hydrogen (secondary N) is 1. The zero-order valence-electron chi connectivity index (χ0n) is 20.9. The first-order valence-corrected chi connectivity index (χ1v) is 14.7. The molecular weight excluding hydrogens is 518 g/mol. The van der Waals surface area contributed by atoms with Crippen molar-refractivity contribution in [3.05, 3.63) is 12.7 Å². The van der Waals surface area contributed by atoms with E-state index in [1.165, 1.54) is 11.8 Å². The van der Waals surface area contributed by atoms with E-state index in [-0.39, 0.29) is 46.0 Å². The fourth-order valence-corrected chi connectivity index (χ4v) is 8.15. The second-order valence-electron chi connectivity index (χ2n) is 11.1. The van der Waals surface area contributed by atoms with Crippen molar-refractivity contribution < 1.29 is 24.2 Å². The van der Waals surface area contributed by atoms with Crippen molar-refractivity contribution in [2.45, 2.75) is 72.0 Å². The maximum Gasteiger partial charge on any atom is 0.316 e. The Balaban J connectivity index is 1.85. The Kier molecular flexibility index (Phi) is 8.67. The van der Waals surface area contributed by atoms with Gasteiger partial charge in [-0.1, -0.05) is 49.7 Å². The topological polar surface area (TPSA) is 92.7 Å². The number of ketones is 1. The molecule has 0 spiro atoms. The molecule has 2 bridgehead atoms. The van der Waals surface area contributed by atoms with Gasteiger partial charge in [-0.3, -0.25) is 14.4 Å². The highest BCUT2D eigenvalue weighted by atomic mass is 79.9. The van der Waals surface area contributed by atoms with Crippen LogP contribution in [-0.4, -0.2) is 58.4 Å². The number of aliphatic hydroxyl groups is 1. The lowest BCUT2D eigenvalue weighted by molar-refractivity contribution is -0.203. The van der Waals surface area contributed by atoms with Gasteiger partial charge in [0, 0.05) is 35.5 Å². The highest BCUT2D eigenvalue weighted by molar-refractivity contribution is 9.09. The number of Topliss-reactive ketones (excluding diaryl/α,β-unsaturated/α-hetero) is 1. The van der Waals surface area contributed by atoms with Crippen molar-refractivity contribution in [1.82, 2.24) is 5.32 Å². The van der Waals surface area contributed by atoms with Crippen LogP contribution >= 0.6 is 27.7 Å². The zero-order valence-corrected chi connectivity index (χ0v) is 23.3. The summed E-state index contributed by atoms with van der Waals surface area (Å²) < 4.78 is 6.17. The van der Waals surface area contributed by atoms with E-state index in [1.807, 2.05) is 13.0 Å². The minimum atomic E-state index is -0.669. The van der Waals surface area contributed by atoms with Crippen LogP contribution in [0.3, 0.4) is 0 Å². The Morgan fingerprint density at radius 2 is 2.03 bits per heavy atom. The normalized spacial score (nSPS) is 41.7. The fourth-order valence-electron chi connectivity index (χ4n) is 7.32. The van der Waals surface area contributed by atoms with Crippen molar-refractivity contribution in [1.29, 1.82) is 0 Å². The van der Waals surface area contributed by atoms with E-state index < -0.39 is 23.0 Å². The highest BCUT2D eigenvalue weighted by Gasteiger charge is 2.68. The lowest BCUT2D eigenvalue weighted by Crippen LogP contribution is -2.63. The summed E-state index contributed by atoms with van der Waals surface area (Å²) in [7, 11) is 0. The Morgan fingerprint density at radius 1 is 1.32 bits per heavy atom. The van der Waals surface area contributed by atoms with E-state index in [2.05, 4.69) is 48.6 Å². The Bertz CT molecular complexity index is 823. The number of esters is 1. The number of hydrogen-bond donors (Lipinski definition) is 2. The molecule has 1 amide bonds. The van der Waals surface area contributed by atoms with E-state index >= 15 is 0 Å². The molecule has 6 nitrogen and oxygen atoms in total. The smallest absolute Gasteiger partial charge is 0.316 e.